The van der Waals surface area contributed by atoms with Crippen LogP contribution in [0.1, 0.15) is 60.1 Å². The molecular formula is C29H50N4O5. The van der Waals surface area contributed by atoms with E-state index in [1.54, 1.807) is 0 Å². The van der Waals surface area contributed by atoms with E-state index in [1.165, 1.54) is 5.56 Å². The van der Waals surface area contributed by atoms with Gasteiger partial charge in [0.1, 0.15) is 11.2 Å². The Balaban J connectivity index is 0. The smallest absolute Gasteiger partial charge is 0.407 e. The number of nitrogens with two attached hydrogens (primary N) is 1. The van der Waals surface area contributed by atoms with Crippen molar-refractivity contribution in [1.82, 2.24) is 10.6 Å². The summed E-state index contributed by atoms with van der Waals surface area (Å²) in [6.45, 7) is 12.2. The van der Waals surface area contributed by atoms with Gasteiger partial charge in [-0.1, -0.05) is 31.7 Å². The van der Waals surface area contributed by atoms with Crippen LogP contribution in [0.3, 0.4) is 0 Å². The Hall–Kier alpha value is -3.46. The van der Waals surface area contributed by atoms with E-state index in [4.69, 9.17) is 20.3 Å². The number of aliphatic hydroxyl groups is 1. The largest absolute Gasteiger partial charge is 0.444 e. The van der Waals surface area contributed by atoms with Crippen molar-refractivity contribution in [2.45, 2.75) is 73.0 Å². The van der Waals surface area contributed by atoms with E-state index in [9.17, 15) is 9.59 Å². The molecule has 0 spiro atoms. The van der Waals surface area contributed by atoms with E-state index >= 15 is 0 Å². The second-order valence-corrected chi connectivity index (χ2v) is 10.0. The third-order valence-electron chi connectivity index (χ3n) is 4.39. The molecule has 0 heterocycles. The van der Waals surface area contributed by atoms with Crippen LogP contribution in [0, 0.1) is 0 Å². The maximum absolute atomic E-state index is 11.4. The minimum absolute atomic E-state index is 0. The van der Waals surface area contributed by atoms with Crippen molar-refractivity contribution in [1.29, 1.82) is 0 Å². The Bertz CT molecular complexity index is 903. The third-order valence-corrected chi connectivity index (χ3v) is 4.39. The number of hydrogen-bond acceptors (Lipinski definition) is 7. The van der Waals surface area contributed by atoms with Gasteiger partial charge in [-0.15, -0.1) is 0 Å². The van der Waals surface area contributed by atoms with Gasteiger partial charge in [0, 0.05) is 38.6 Å². The molecule has 216 valence electrons. The van der Waals surface area contributed by atoms with Crippen molar-refractivity contribution in [2.75, 3.05) is 38.3 Å². The summed E-state index contributed by atoms with van der Waals surface area (Å²) in [6, 6.07) is 15.7. The first-order chi connectivity index (χ1) is 17.3. The first-order valence-electron chi connectivity index (χ1n) is 12.3. The summed E-state index contributed by atoms with van der Waals surface area (Å²) in [4.78, 5) is 22.8. The number of nitrogens with one attached hydrogen (secondary N) is 3. The summed E-state index contributed by atoms with van der Waals surface area (Å²) in [6.07, 6.45) is 0.810. The minimum atomic E-state index is -0.453. The summed E-state index contributed by atoms with van der Waals surface area (Å²) in [5, 5.41) is 15.5. The highest BCUT2D eigenvalue weighted by atomic mass is 16.6. The number of benzene rings is 2. The van der Waals surface area contributed by atoms with E-state index in [0.717, 1.165) is 36.9 Å². The fraction of sp³-hybridized carbons (Fsp3) is 0.517. The molecule has 0 aliphatic heterocycles. The fourth-order valence-corrected chi connectivity index (χ4v) is 2.77. The standard InChI is InChI=1S/C14H22N2O2.C13H20N2O2.CH4O.CH4/c1-14(2,3)18-13(17)16-10-9-11-5-7-12(15-4)8-6-11;1-13(2,3)17-12(16)15-9-8-10-4-6-11(14)7-5-10;1-2;/h5-8,15H,9-10H2,1-4H3,(H,16,17);4-7H,8-9,14H2,1-3H3,(H,15,16);2H,1H3;1H4. The summed E-state index contributed by atoms with van der Waals surface area (Å²) in [7, 11) is 2.89. The van der Waals surface area contributed by atoms with Crippen LogP contribution in [0.15, 0.2) is 48.5 Å². The zero-order chi connectivity index (χ0) is 28.5. The van der Waals surface area contributed by atoms with E-state index in [1.807, 2.05) is 97.1 Å². The zero-order valence-electron chi connectivity index (χ0n) is 23.6. The highest BCUT2D eigenvalue weighted by molar-refractivity contribution is 5.68. The predicted octanol–water partition coefficient (Wildman–Crippen LogP) is 5.38. The molecule has 0 radical (unpaired) electrons. The number of ether oxygens (including phenoxy) is 2. The molecule has 9 heteroatoms. The van der Waals surface area contributed by atoms with Crippen LogP contribution >= 0.6 is 0 Å². The lowest BCUT2D eigenvalue weighted by Crippen LogP contribution is -2.33. The maximum atomic E-state index is 11.4. The Morgan fingerprint density at radius 2 is 1.08 bits per heavy atom. The Labute approximate surface area is 229 Å². The van der Waals surface area contributed by atoms with Crippen LogP contribution in [0.5, 0.6) is 0 Å². The molecule has 0 aliphatic rings. The number of alkyl carbamates (subject to hydrolysis) is 2. The minimum Gasteiger partial charge on any atom is -0.444 e. The highest BCUT2D eigenvalue weighted by Crippen LogP contribution is 2.10. The molecule has 6 N–H and O–H groups in total. The van der Waals surface area contributed by atoms with Crippen LogP contribution in [0.25, 0.3) is 0 Å². The van der Waals surface area contributed by atoms with Gasteiger partial charge in [0.15, 0.2) is 0 Å². The van der Waals surface area contributed by atoms with E-state index in [-0.39, 0.29) is 19.6 Å². The number of nitrogen functional groups attached to an aromatic ring is 1. The molecule has 2 aromatic rings. The lowest BCUT2D eigenvalue weighted by Gasteiger charge is -2.19. The van der Waals surface area contributed by atoms with Gasteiger partial charge >= 0.3 is 12.2 Å². The summed E-state index contributed by atoms with van der Waals surface area (Å²) < 4.78 is 10.3. The topological polar surface area (TPSA) is 135 Å². The number of rotatable bonds is 7. The average Bonchev–Trinajstić information content (AvgIpc) is 2.80. The van der Waals surface area contributed by atoms with Crippen molar-refractivity contribution in [3.05, 3.63) is 59.7 Å². The summed E-state index contributed by atoms with van der Waals surface area (Å²) >= 11 is 0. The predicted molar refractivity (Wildman–Crippen MR) is 158 cm³/mol. The molecule has 0 aromatic heterocycles. The molecular weight excluding hydrogens is 484 g/mol. The lowest BCUT2D eigenvalue weighted by atomic mass is 10.1. The molecule has 0 saturated heterocycles. The summed E-state index contributed by atoms with van der Waals surface area (Å²) in [5.74, 6) is 0. The second kappa shape index (κ2) is 18.7. The Kier molecular flexibility index (Phi) is 18.1. The van der Waals surface area contributed by atoms with Crippen LogP contribution in [0.4, 0.5) is 21.0 Å². The Morgan fingerprint density at radius 1 is 0.737 bits per heavy atom. The van der Waals surface area contributed by atoms with Crippen molar-refractivity contribution in [2.24, 2.45) is 0 Å². The first kappa shape index (κ1) is 36.7. The number of aliphatic hydroxyl groups excluding tert-OH is 1. The highest BCUT2D eigenvalue weighted by Gasteiger charge is 2.16. The molecule has 9 nitrogen and oxygen atoms in total. The van der Waals surface area contributed by atoms with Crippen molar-refractivity contribution >= 4 is 23.6 Å². The number of carbonyl (C=O) groups excluding carboxylic acids is 2. The Morgan fingerprint density at radius 3 is 1.39 bits per heavy atom. The van der Waals surface area contributed by atoms with E-state index in [0.29, 0.717) is 13.1 Å². The molecule has 0 fully saturated rings. The molecule has 0 bridgehead atoms. The van der Waals surface area contributed by atoms with Crippen LogP contribution in [-0.4, -0.2) is 55.7 Å². The van der Waals surface area contributed by atoms with Gasteiger partial charge in [-0.05, 0) is 89.8 Å². The molecule has 2 rings (SSSR count). The molecule has 2 aromatic carbocycles. The van der Waals surface area contributed by atoms with Crippen LogP contribution in [-0.2, 0) is 22.3 Å². The molecule has 0 atom stereocenters. The van der Waals surface area contributed by atoms with Crippen LogP contribution < -0.4 is 21.7 Å². The third kappa shape index (κ3) is 19.7. The van der Waals surface area contributed by atoms with Crippen molar-refractivity contribution < 1.29 is 24.2 Å². The first-order valence-corrected chi connectivity index (χ1v) is 12.3. The normalized spacial score (nSPS) is 10.2. The number of amides is 2. The zero-order valence-corrected chi connectivity index (χ0v) is 23.6. The lowest BCUT2D eigenvalue weighted by molar-refractivity contribution is 0.0517. The number of hydrogen-bond donors (Lipinski definition) is 5. The van der Waals surface area contributed by atoms with Gasteiger partial charge in [0.25, 0.3) is 0 Å². The monoisotopic (exact) mass is 534 g/mol. The van der Waals surface area contributed by atoms with Gasteiger partial charge in [0.05, 0.1) is 0 Å². The van der Waals surface area contributed by atoms with E-state index < -0.39 is 11.2 Å². The molecule has 0 aliphatic carbocycles. The molecule has 38 heavy (non-hydrogen) atoms. The van der Waals surface area contributed by atoms with Gasteiger partial charge in [0.2, 0.25) is 0 Å². The van der Waals surface area contributed by atoms with Crippen molar-refractivity contribution in [3.63, 3.8) is 0 Å². The quantitative estimate of drug-likeness (QED) is 0.301. The average molecular weight is 535 g/mol. The fourth-order valence-electron chi connectivity index (χ4n) is 2.77. The molecule has 2 amide bonds. The number of anilines is 2. The molecule has 0 saturated carbocycles. The van der Waals surface area contributed by atoms with Crippen molar-refractivity contribution in [3.8, 4) is 0 Å². The van der Waals surface area contributed by atoms with Crippen LogP contribution in [0.2, 0.25) is 0 Å². The van der Waals surface area contributed by atoms with Gasteiger partial charge in [-0.2, -0.15) is 0 Å². The second-order valence-electron chi connectivity index (χ2n) is 10.0. The van der Waals surface area contributed by atoms with E-state index in [2.05, 4.69) is 16.0 Å². The number of carbonyl (C=O) groups is 2. The summed E-state index contributed by atoms with van der Waals surface area (Å²) in [5.41, 5.74) is 8.83. The molecule has 0 unspecified atom stereocenters. The van der Waals surface area contributed by atoms with Gasteiger partial charge in [-0.3, -0.25) is 0 Å². The van der Waals surface area contributed by atoms with Gasteiger partial charge < -0.3 is 36.3 Å². The van der Waals surface area contributed by atoms with Gasteiger partial charge in [-0.25, -0.2) is 9.59 Å². The SMILES string of the molecule is C.CC(C)(C)OC(=O)NCCc1ccc(N)cc1.CNc1ccc(CCNC(=O)OC(C)(C)C)cc1.CO. The maximum Gasteiger partial charge on any atom is 0.407 e.